The maximum Gasteiger partial charge on any atom is 0.270 e. The van der Waals surface area contributed by atoms with Gasteiger partial charge in [-0.15, -0.1) is 0 Å². The number of carbonyl (C=O) groups excluding carboxylic acids is 1. The SMILES string of the molecule is COc1ccc(C(=O)Nc2ccc3c(=O)[nH][nH]c(=O)c3c2)cc1OC. The van der Waals surface area contributed by atoms with Crippen molar-refractivity contribution in [1.82, 2.24) is 10.2 Å². The van der Waals surface area contributed by atoms with Crippen LogP contribution < -0.4 is 25.9 Å². The molecule has 8 nitrogen and oxygen atoms in total. The number of fused-ring (bicyclic) bond motifs is 1. The number of ether oxygens (including phenoxy) is 2. The second-order valence-corrected chi connectivity index (χ2v) is 5.19. The van der Waals surface area contributed by atoms with E-state index < -0.39 is 11.1 Å². The highest BCUT2D eigenvalue weighted by Gasteiger charge is 2.12. The molecule has 1 aromatic heterocycles. The molecule has 0 unspecified atom stereocenters. The molecule has 0 spiro atoms. The standard InChI is InChI=1S/C17H15N3O5/c1-24-13-6-3-9(7-14(13)25-2)15(21)18-10-4-5-11-12(8-10)17(23)20-19-16(11)22/h3-8H,1-2H3,(H,18,21)(H,19,22)(H,20,23). The third-order valence-electron chi connectivity index (χ3n) is 3.70. The van der Waals surface area contributed by atoms with Crippen LogP contribution in [0.5, 0.6) is 11.5 Å². The van der Waals surface area contributed by atoms with Crippen molar-refractivity contribution in [2.24, 2.45) is 0 Å². The van der Waals surface area contributed by atoms with Crippen LogP contribution in [0.3, 0.4) is 0 Å². The first kappa shape index (κ1) is 16.3. The molecule has 0 saturated carbocycles. The third-order valence-corrected chi connectivity index (χ3v) is 3.70. The monoisotopic (exact) mass is 341 g/mol. The Bertz CT molecular complexity index is 1070. The lowest BCUT2D eigenvalue weighted by Gasteiger charge is -2.10. The molecule has 0 fully saturated rings. The number of aromatic nitrogens is 2. The molecule has 3 aromatic rings. The largest absolute Gasteiger partial charge is 0.493 e. The minimum absolute atomic E-state index is 0.189. The molecule has 1 amide bonds. The Balaban J connectivity index is 1.93. The highest BCUT2D eigenvalue weighted by Crippen LogP contribution is 2.28. The van der Waals surface area contributed by atoms with Gasteiger partial charge in [0, 0.05) is 11.3 Å². The fourth-order valence-corrected chi connectivity index (χ4v) is 2.44. The van der Waals surface area contributed by atoms with E-state index in [9.17, 15) is 14.4 Å². The van der Waals surface area contributed by atoms with Crippen molar-refractivity contribution in [2.75, 3.05) is 19.5 Å². The van der Waals surface area contributed by atoms with Crippen LogP contribution in [0.15, 0.2) is 46.0 Å². The first-order valence-electron chi connectivity index (χ1n) is 7.31. The van der Waals surface area contributed by atoms with Gasteiger partial charge in [-0.05, 0) is 36.4 Å². The van der Waals surface area contributed by atoms with Gasteiger partial charge < -0.3 is 14.8 Å². The van der Waals surface area contributed by atoms with Crippen molar-refractivity contribution < 1.29 is 14.3 Å². The van der Waals surface area contributed by atoms with E-state index in [1.54, 1.807) is 24.3 Å². The van der Waals surface area contributed by atoms with Crippen LogP contribution in [-0.4, -0.2) is 30.3 Å². The molecule has 0 radical (unpaired) electrons. The summed E-state index contributed by atoms with van der Waals surface area (Å²) in [6.07, 6.45) is 0. The van der Waals surface area contributed by atoms with Gasteiger partial charge in [0.2, 0.25) is 0 Å². The number of hydrogen-bond donors (Lipinski definition) is 3. The molecule has 3 rings (SSSR count). The summed E-state index contributed by atoms with van der Waals surface area (Å²) in [5.41, 5.74) is -0.106. The van der Waals surface area contributed by atoms with Crippen LogP contribution in [0.4, 0.5) is 5.69 Å². The van der Waals surface area contributed by atoms with E-state index in [-0.39, 0.29) is 16.7 Å². The Morgan fingerprint density at radius 1 is 0.880 bits per heavy atom. The number of amides is 1. The van der Waals surface area contributed by atoms with Crippen molar-refractivity contribution in [2.45, 2.75) is 0 Å². The molecule has 128 valence electrons. The van der Waals surface area contributed by atoms with Gasteiger partial charge in [-0.3, -0.25) is 24.6 Å². The number of benzene rings is 2. The molecular weight excluding hydrogens is 326 g/mol. The second kappa shape index (κ2) is 6.52. The zero-order chi connectivity index (χ0) is 18.0. The average molecular weight is 341 g/mol. The summed E-state index contributed by atoms with van der Waals surface area (Å²) in [5, 5.41) is 7.61. The quantitative estimate of drug-likeness (QED) is 0.665. The number of rotatable bonds is 4. The van der Waals surface area contributed by atoms with E-state index >= 15 is 0 Å². The van der Waals surface area contributed by atoms with E-state index in [2.05, 4.69) is 15.5 Å². The van der Waals surface area contributed by atoms with Crippen molar-refractivity contribution in [1.29, 1.82) is 0 Å². The average Bonchev–Trinajstić information content (AvgIpc) is 2.64. The van der Waals surface area contributed by atoms with Crippen molar-refractivity contribution in [3.05, 3.63) is 62.7 Å². The highest BCUT2D eigenvalue weighted by atomic mass is 16.5. The van der Waals surface area contributed by atoms with E-state index in [0.29, 0.717) is 22.7 Å². The van der Waals surface area contributed by atoms with Crippen LogP contribution >= 0.6 is 0 Å². The van der Waals surface area contributed by atoms with Crippen molar-refractivity contribution >= 4 is 22.4 Å². The number of methoxy groups -OCH3 is 2. The number of anilines is 1. The first-order chi connectivity index (χ1) is 12.0. The zero-order valence-electron chi connectivity index (χ0n) is 13.5. The lowest BCUT2D eigenvalue weighted by Crippen LogP contribution is -2.19. The van der Waals surface area contributed by atoms with Gasteiger partial charge in [-0.25, -0.2) is 0 Å². The second-order valence-electron chi connectivity index (χ2n) is 5.19. The normalized spacial score (nSPS) is 10.5. The smallest absolute Gasteiger partial charge is 0.270 e. The number of nitrogens with one attached hydrogen (secondary N) is 3. The van der Waals surface area contributed by atoms with Gasteiger partial charge in [0.25, 0.3) is 17.0 Å². The minimum atomic E-state index is -0.447. The van der Waals surface area contributed by atoms with Crippen LogP contribution in [-0.2, 0) is 0 Å². The van der Waals surface area contributed by atoms with Crippen LogP contribution in [0.1, 0.15) is 10.4 Å². The Morgan fingerprint density at radius 2 is 1.56 bits per heavy atom. The topological polar surface area (TPSA) is 113 Å². The molecule has 8 heteroatoms. The van der Waals surface area contributed by atoms with Gasteiger partial charge in [0.05, 0.1) is 25.0 Å². The Kier molecular flexibility index (Phi) is 4.25. The summed E-state index contributed by atoms with van der Waals surface area (Å²) < 4.78 is 10.3. The molecule has 0 aliphatic rings. The molecule has 0 atom stereocenters. The summed E-state index contributed by atoms with van der Waals surface area (Å²) in [4.78, 5) is 35.9. The summed E-state index contributed by atoms with van der Waals surface area (Å²) in [6.45, 7) is 0. The predicted octanol–water partition coefficient (Wildman–Crippen LogP) is 1.49. The van der Waals surface area contributed by atoms with E-state index in [4.69, 9.17) is 9.47 Å². The molecule has 0 aliphatic carbocycles. The van der Waals surface area contributed by atoms with Crippen molar-refractivity contribution in [3.63, 3.8) is 0 Å². The van der Waals surface area contributed by atoms with Crippen LogP contribution in [0, 0.1) is 0 Å². The van der Waals surface area contributed by atoms with E-state index in [0.717, 1.165) is 0 Å². The maximum absolute atomic E-state index is 12.4. The van der Waals surface area contributed by atoms with Crippen LogP contribution in [0.25, 0.3) is 10.8 Å². The Labute approximate surface area is 141 Å². The molecule has 25 heavy (non-hydrogen) atoms. The fraction of sp³-hybridized carbons (Fsp3) is 0.118. The number of hydrogen-bond acceptors (Lipinski definition) is 5. The molecule has 0 aliphatic heterocycles. The minimum Gasteiger partial charge on any atom is -0.493 e. The van der Waals surface area contributed by atoms with Gasteiger partial charge in [-0.2, -0.15) is 0 Å². The molecule has 0 saturated heterocycles. The van der Waals surface area contributed by atoms with Crippen molar-refractivity contribution in [3.8, 4) is 11.5 Å². The molecule has 1 heterocycles. The van der Waals surface area contributed by atoms with Gasteiger partial charge >= 0.3 is 0 Å². The first-order valence-corrected chi connectivity index (χ1v) is 7.31. The number of H-pyrrole nitrogens is 2. The lowest BCUT2D eigenvalue weighted by atomic mass is 10.1. The van der Waals surface area contributed by atoms with Gasteiger partial charge in [-0.1, -0.05) is 0 Å². The van der Waals surface area contributed by atoms with Gasteiger partial charge in [0.1, 0.15) is 0 Å². The molecule has 3 N–H and O–H groups in total. The molecule has 0 bridgehead atoms. The predicted molar refractivity (Wildman–Crippen MR) is 92.7 cm³/mol. The summed E-state index contributed by atoms with van der Waals surface area (Å²) in [6, 6.07) is 9.24. The summed E-state index contributed by atoms with van der Waals surface area (Å²) in [5.74, 6) is 0.550. The van der Waals surface area contributed by atoms with Crippen LogP contribution in [0.2, 0.25) is 0 Å². The highest BCUT2D eigenvalue weighted by molar-refractivity contribution is 6.05. The summed E-state index contributed by atoms with van der Waals surface area (Å²) in [7, 11) is 2.98. The third kappa shape index (κ3) is 3.09. The Hall–Kier alpha value is -3.55. The summed E-state index contributed by atoms with van der Waals surface area (Å²) >= 11 is 0. The number of aromatic amines is 2. The fourth-order valence-electron chi connectivity index (χ4n) is 2.44. The zero-order valence-corrected chi connectivity index (χ0v) is 13.5. The number of carbonyl (C=O) groups is 1. The Morgan fingerprint density at radius 3 is 2.24 bits per heavy atom. The molecular formula is C17H15N3O5. The van der Waals surface area contributed by atoms with E-state index in [1.165, 1.54) is 26.4 Å². The molecule has 2 aromatic carbocycles. The van der Waals surface area contributed by atoms with E-state index in [1.807, 2.05) is 0 Å². The van der Waals surface area contributed by atoms with Gasteiger partial charge in [0.15, 0.2) is 11.5 Å². The maximum atomic E-state index is 12.4. The lowest BCUT2D eigenvalue weighted by molar-refractivity contribution is 0.102.